The monoisotopic (exact) mass is 250 g/mol. The summed E-state index contributed by atoms with van der Waals surface area (Å²) in [5.41, 5.74) is 7.74. The van der Waals surface area contributed by atoms with Gasteiger partial charge in [0.25, 0.3) is 0 Å². The zero-order chi connectivity index (χ0) is 13.2. The van der Waals surface area contributed by atoms with Crippen molar-refractivity contribution in [1.82, 2.24) is 4.98 Å². The van der Waals surface area contributed by atoms with E-state index in [-0.39, 0.29) is 0 Å². The average molecular weight is 250 g/mol. The van der Waals surface area contributed by atoms with Crippen LogP contribution in [0.15, 0.2) is 54.9 Å². The highest BCUT2D eigenvalue weighted by atomic mass is 16.5. The van der Waals surface area contributed by atoms with Crippen LogP contribution in [0.4, 0.5) is 5.69 Å². The maximum absolute atomic E-state index is 5.98. The van der Waals surface area contributed by atoms with Crippen LogP contribution < -0.4 is 10.5 Å². The van der Waals surface area contributed by atoms with Crippen molar-refractivity contribution in [2.24, 2.45) is 0 Å². The number of ether oxygens (including phenoxy) is 1. The van der Waals surface area contributed by atoms with Crippen LogP contribution in [-0.2, 0) is 0 Å². The highest BCUT2D eigenvalue weighted by Crippen LogP contribution is 2.33. The Balaban J connectivity index is 2.12. The first-order chi connectivity index (χ1) is 9.25. The van der Waals surface area contributed by atoms with Crippen molar-refractivity contribution in [3.05, 3.63) is 60.4 Å². The Kier molecular flexibility index (Phi) is 2.80. The molecule has 2 aromatic carbocycles. The number of pyridine rings is 1. The molecule has 0 saturated heterocycles. The van der Waals surface area contributed by atoms with E-state index in [1.165, 1.54) is 0 Å². The summed E-state index contributed by atoms with van der Waals surface area (Å²) in [6, 6.07) is 13.6. The first-order valence-corrected chi connectivity index (χ1v) is 6.11. The van der Waals surface area contributed by atoms with Crippen LogP contribution >= 0.6 is 0 Å². The summed E-state index contributed by atoms with van der Waals surface area (Å²) < 4.78 is 5.98. The largest absolute Gasteiger partial charge is 0.456 e. The van der Waals surface area contributed by atoms with Crippen molar-refractivity contribution < 1.29 is 4.74 Å². The maximum atomic E-state index is 5.98. The van der Waals surface area contributed by atoms with Gasteiger partial charge in [0.05, 0.1) is 0 Å². The van der Waals surface area contributed by atoms with Gasteiger partial charge in [0, 0.05) is 34.4 Å². The molecule has 3 aromatic rings. The van der Waals surface area contributed by atoms with Crippen molar-refractivity contribution in [2.45, 2.75) is 6.92 Å². The second-order valence-electron chi connectivity index (χ2n) is 4.44. The van der Waals surface area contributed by atoms with Crippen LogP contribution in [0.5, 0.6) is 11.5 Å². The van der Waals surface area contributed by atoms with Gasteiger partial charge in [-0.3, -0.25) is 4.98 Å². The van der Waals surface area contributed by atoms with Gasteiger partial charge in [0.2, 0.25) is 0 Å². The first-order valence-electron chi connectivity index (χ1n) is 6.11. The molecular weight excluding hydrogens is 236 g/mol. The van der Waals surface area contributed by atoms with Gasteiger partial charge in [-0.05, 0) is 25.1 Å². The number of anilines is 1. The lowest BCUT2D eigenvalue weighted by atomic mass is 10.1. The minimum Gasteiger partial charge on any atom is -0.456 e. The summed E-state index contributed by atoms with van der Waals surface area (Å²) in [5, 5.41) is 2.02. The SMILES string of the molecule is Cc1cnccc1Oc1ccc(N)c2ccccc12. The quantitative estimate of drug-likeness (QED) is 0.701. The zero-order valence-electron chi connectivity index (χ0n) is 10.6. The molecule has 0 aliphatic carbocycles. The summed E-state index contributed by atoms with van der Waals surface area (Å²) in [6.07, 6.45) is 3.51. The fourth-order valence-corrected chi connectivity index (χ4v) is 2.08. The zero-order valence-corrected chi connectivity index (χ0v) is 10.6. The van der Waals surface area contributed by atoms with Gasteiger partial charge >= 0.3 is 0 Å². The Hall–Kier alpha value is -2.55. The highest BCUT2D eigenvalue weighted by molar-refractivity contribution is 5.97. The molecule has 0 aliphatic heterocycles. The van der Waals surface area contributed by atoms with Crippen molar-refractivity contribution in [3.8, 4) is 11.5 Å². The van der Waals surface area contributed by atoms with E-state index in [4.69, 9.17) is 10.5 Å². The average Bonchev–Trinajstić information content (AvgIpc) is 2.44. The Labute approximate surface area is 111 Å². The van der Waals surface area contributed by atoms with Gasteiger partial charge in [0.1, 0.15) is 11.5 Å². The molecule has 0 aliphatic rings. The number of nitrogen functional groups attached to an aromatic ring is 1. The van der Waals surface area contributed by atoms with Crippen molar-refractivity contribution >= 4 is 16.5 Å². The standard InChI is InChI=1S/C16H14N2O/c1-11-10-18-9-8-15(11)19-16-7-6-14(17)12-4-2-3-5-13(12)16/h2-10H,17H2,1H3. The van der Waals surface area contributed by atoms with Crippen LogP contribution in [0.3, 0.4) is 0 Å². The lowest BCUT2D eigenvalue weighted by molar-refractivity contribution is 0.483. The molecule has 0 amide bonds. The summed E-state index contributed by atoms with van der Waals surface area (Å²) in [7, 11) is 0. The molecule has 3 heteroatoms. The second-order valence-corrected chi connectivity index (χ2v) is 4.44. The van der Waals surface area contributed by atoms with Crippen LogP contribution in [0.1, 0.15) is 5.56 Å². The predicted octanol–water partition coefficient (Wildman–Crippen LogP) is 3.92. The van der Waals surface area contributed by atoms with Crippen molar-refractivity contribution in [1.29, 1.82) is 0 Å². The Morgan fingerprint density at radius 1 is 0.947 bits per heavy atom. The number of aryl methyl sites for hydroxylation is 1. The van der Waals surface area contributed by atoms with E-state index in [1.807, 2.05) is 49.4 Å². The van der Waals surface area contributed by atoms with E-state index in [2.05, 4.69) is 4.98 Å². The van der Waals surface area contributed by atoms with E-state index >= 15 is 0 Å². The molecule has 1 heterocycles. The van der Waals surface area contributed by atoms with Crippen molar-refractivity contribution in [2.75, 3.05) is 5.73 Å². The molecule has 2 N–H and O–H groups in total. The smallest absolute Gasteiger partial charge is 0.135 e. The number of rotatable bonds is 2. The van der Waals surface area contributed by atoms with E-state index in [9.17, 15) is 0 Å². The number of hydrogen-bond acceptors (Lipinski definition) is 3. The molecule has 0 fully saturated rings. The molecule has 0 atom stereocenters. The van der Waals surface area contributed by atoms with Crippen molar-refractivity contribution in [3.63, 3.8) is 0 Å². The van der Waals surface area contributed by atoms with Gasteiger partial charge in [0.15, 0.2) is 0 Å². The molecule has 3 rings (SSSR count). The minimum absolute atomic E-state index is 0.759. The third-order valence-electron chi connectivity index (χ3n) is 3.11. The third-order valence-corrected chi connectivity index (χ3v) is 3.11. The van der Waals surface area contributed by atoms with Gasteiger partial charge in [-0.15, -0.1) is 0 Å². The maximum Gasteiger partial charge on any atom is 0.135 e. The number of fused-ring (bicyclic) bond motifs is 1. The number of nitrogens with zero attached hydrogens (tertiary/aromatic N) is 1. The summed E-state index contributed by atoms with van der Waals surface area (Å²) in [4.78, 5) is 4.06. The molecule has 0 spiro atoms. The summed E-state index contributed by atoms with van der Waals surface area (Å²) in [6.45, 7) is 1.97. The third kappa shape index (κ3) is 2.10. The molecule has 0 unspecified atom stereocenters. The van der Waals surface area contributed by atoms with E-state index in [0.717, 1.165) is 33.5 Å². The van der Waals surface area contributed by atoms with E-state index in [0.29, 0.717) is 0 Å². The molecule has 1 aromatic heterocycles. The van der Waals surface area contributed by atoms with Crippen LogP contribution in [0, 0.1) is 6.92 Å². The Morgan fingerprint density at radius 3 is 2.53 bits per heavy atom. The van der Waals surface area contributed by atoms with Crippen LogP contribution in [-0.4, -0.2) is 4.98 Å². The highest BCUT2D eigenvalue weighted by Gasteiger charge is 2.07. The minimum atomic E-state index is 0.759. The molecule has 19 heavy (non-hydrogen) atoms. The molecule has 0 saturated carbocycles. The van der Waals surface area contributed by atoms with Crippen LogP contribution in [0.2, 0.25) is 0 Å². The fraction of sp³-hybridized carbons (Fsp3) is 0.0625. The van der Waals surface area contributed by atoms with Gasteiger partial charge < -0.3 is 10.5 Å². The molecule has 0 radical (unpaired) electrons. The number of hydrogen-bond donors (Lipinski definition) is 1. The number of aromatic nitrogens is 1. The molecule has 0 bridgehead atoms. The van der Waals surface area contributed by atoms with E-state index < -0.39 is 0 Å². The second kappa shape index (κ2) is 4.61. The molecule has 94 valence electrons. The Bertz CT molecular complexity index is 738. The number of benzene rings is 2. The Morgan fingerprint density at radius 2 is 1.74 bits per heavy atom. The van der Waals surface area contributed by atoms with Gasteiger partial charge in [-0.25, -0.2) is 0 Å². The summed E-state index contributed by atoms with van der Waals surface area (Å²) >= 11 is 0. The summed E-state index contributed by atoms with van der Waals surface area (Å²) in [5.74, 6) is 1.61. The normalized spacial score (nSPS) is 10.6. The topological polar surface area (TPSA) is 48.1 Å². The lowest BCUT2D eigenvalue weighted by Gasteiger charge is -2.11. The lowest BCUT2D eigenvalue weighted by Crippen LogP contribution is -1.92. The van der Waals surface area contributed by atoms with Gasteiger partial charge in [-0.1, -0.05) is 24.3 Å². The fourth-order valence-electron chi connectivity index (χ4n) is 2.08. The number of nitrogens with two attached hydrogens (primary N) is 1. The predicted molar refractivity (Wildman–Crippen MR) is 77.4 cm³/mol. The van der Waals surface area contributed by atoms with Gasteiger partial charge in [-0.2, -0.15) is 0 Å². The molecular formula is C16H14N2O. The first kappa shape index (κ1) is 11.5. The van der Waals surface area contributed by atoms with Crippen LogP contribution in [0.25, 0.3) is 10.8 Å². The molecule has 3 nitrogen and oxygen atoms in total. The van der Waals surface area contributed by atoms with E-state index in [1.54, 1.807) is 12.4 Å².